The van der Waals surface area contributed by atoms with Gasteiger partial charge in [0.05, 0.1) is 5.69 Å². The van der Waals surface area contributed by atoms with E-state index < -0.39 is 0 Å². The van der Waals surface area contributed by atoms with Gasteiger partial charge in [0.1, 0.15) is 6.26 Å². The lowest BCUT2D eigenvalue weighted by Gasteiger charge is -2.37. The molecule has 1 fully saturated rings. The van der Waals surface area contributed by atoms with E-state index in [1.165, 1.54) is 0 Å². The molecule has 0 amide bonds. The third-order valence-electron chi connectivity index (χ3n) is 3.31. The van der Waals surface area contributed by atoms with Gasteiger partial charge in [-0.05, 0) is 14.0 Å². The summed E-state index contributed by atoms with van der Waals surface area (Å²) in [6.45, 7) is 10.3. The summed E-state index contributed by atoms with van der Waals surface area (Å²) >= 11 is 0. The Morgan fingerprint density at radius 3 is 2.94 bits per heavy atom. The van der Waals surface area contributed by atoms with Crippen LogP contribution in [-0.2, 0) is 6.54 Å². The van der Waals surface area contributed by atoms with Crippen LogP contribution in [0.15, 0.2) is 10.7 Å². The minimum Gasteiger partial charge on any atom is -0.432 e. The van der Waals surface area contributed by atoms with Crippen molar-refractivity contribution in [2.24, 2.45) is 0 Å². The van der Waals surface area contributed by atoms with E-state index in [1.807, 2.05) is 0 Å². The Hall–Kier alpha value is -1.07. The third kappa shape index (κ3) is 3.23. The van der Waals surface area contributed by atoms with Gasteiger partial charge in [-0.25, -0.2) is 0 Å². The van der Waals surface area contributed by atoms with E-state index in [0.29, 0.717) is 12.1 Å². The number of rotatable bonds is 4. The first-order valence-electron chi connectivity index (χ1n) is 6.69. The first-order chi connectivity index (χ1) is 8.56. The fraction of sp³-hybridized carbons (Fsp3) is 0.769. The van der Waals surface area contributed by atoms with Crippen molar-refractivity contribution < 1.29 is 4.42 Å². The SMILES string of the molecule is CC(C)NCc1coc(N2CCN(C)CC2C)n1. The lowest BCUT2D eigenvalue weighted by molar-refractivity contribution is 0.267. The number of nitrogens with one attached hydrogen (secondary N) is 1. The van der Waals surface area contributed by atoms with Gasteiger partial charge in [-0.3, -0.25) is 0 Å². The molecule has 0 aromatic carbocycles. The van der Waals surface area contributed by atoms with Crippen molar-refractivity contribution in [1.82, 2.24) is 15.2 Å². The summed E-state index contributed by atoms with van der Waals surface area (Å²) < 4.78 is 5.60. The molecule has 1 aromatic rings. The first kappa shape index (κ1) is 13.4. The van der Waals surface area contributed by atoms with Crippen molar-refractivity contribution in [3.05, 3.63) is 12.0 Å². The Kier molecular flexibility index (Phi) is 4.24. The highest BCUT2D eigenvalue weighted by atomic mass is 16.4. The van der Waals surface area contributed by atoms with E-state index >= 15 is 0 Å². The number of piperazine rings is 1. The van der Waals surface area contributed by atoms with Crippen LogP contribution in [0.25, 0.3) is 0 Å². The second-order valence-electron chi connectivity index (χ2n) is 5.46. The zero-order valence-corrected chi connectivity index (χ0v) is 11.8. The Labute approximate surface area is 109 Å². The largest absolute Gasteiger partial charge is 0.432 e. The van der Waals surface area contributed by atoms with Crippen LogP contribution in [0.1, 0.15) is 26.5 Å². The molecule has 0 saturated carbocycles. The molecule has 0 bridgehead atoms. The predicted molar refractivity (Wildman–Crippen MR) is 72.8 cm³/mol. The Bertz CT molecular complexity index is 377. The van der Waals surface area contributed by atoms with Crippen molar-refractivity contribution in [3.8, 4) is 0 Å². The molecule has 1 aliphatic heterocycles. The van der Waals surface area contributed by atoms with Crippen LogP contribution in [0.3, 0.4) is 0 Å². The van der Waals surface area contributed by atoms with Crippen LogP contribution in [0.4, 0.5) is 6.01 Å². The molecule has 2 heterocycles. The average Bonchev–Trinajstić information content (AvgIpc) is 2.75. The molecule has 0 radical (unpaired) electrons. The van der Waals surface area contributed by atoms with Gasteiger partial charge in [-0.1, -0.05) is 13.8 Å². The quantitative estimate of drug-likeness (QED) is 0.875. The minimum atomic E-state index is 0.452. The van der Waals surface area contributed by atoms with Crippen molar-refractivity contribution in [3.63, 3.8) is 0 Å². The van der Waals surface area contributed by atoms with E-state index in [9.17, 15) is 0 Å². The van der Waals surface area contributed by atoms with Crippen molar-refractivity contribution in [2.45, 2.75) is 39.4 Å². The van der Waals surface area contributed by atoms with E-state index in [-0.39, 0.29) is 0 Å². The van der Waals surface area contributed by atoms with Gasteiger partial charge >= 0.3 is 0 Å². The molecule has 0 spiro atoms. The van der Waals surface area contributed by atoms with E-state index in [1.54, 1.807) is 6.26 Å². The van der Waals surface area contributed by atoms with Crippen LogP contribution >= 0.6 is 0 Å². The third-order valence-corrected chi connectivity index (χ3v) is 3.31. The van der Waals surface area contributed by atoms with Gasteiger partial charge in [0.25, 0.3) is 6.01 Å². The molecular formula is C13H24N4O. The molecule has 102 valence electrons. The lowest BCUT2D eigenvalue weighted by Crippen LogP contribution is -2.50. The topological polar surface area (TPSA) is 44.5 Å². The monoisotopic (exact) mass is 252 g/mol. The van der Waals surface area contributed by atoms with Crippen LogP contribution in [0, 0.1) is 0 Å². The smallest absolute Gasteiger partial charge is 0.297 e. The highest BCUT2D eigenvalue weighted by molar-refractivity contribution is 5.30. The van der Waals surface area contributed by atoms with E-state index in [2.05, 4.69) is 47.9 Å². The van der Waals surface area contributed by atoms with Gasteiger partial charge in [0.2, 0.25) is 0 Å². The molecule has 1 aliphatic rings. The van der Waals surface area contributed by atoms with Crippen molar-refractivity contribution >= 4 is 6.01 Å². The average molecular weight is 252 g/mol. The molecule has 0 aliphatic carbocycles. The second kappa shape index (κ2) is 5.71. The summed E-state index contributed by atoms with van der Waals surface area (Å²) in [5.41, 5.74) is 0.977. The van der Waals surface area contributed by atoms with Crippen LogP contribution in [0.5, 0.6) is 0 Å². The number of nitrogens with zero attached hydrogens (tertiary/aromatic N) is 3. The normalized spacial score (nSPS) is 21.8. The van der Waals surface area contributed by atoms with Gasteiger partial charge in [0, 0.05) is 38.3 Å². The predicted octanol–water partition coefficient (Wildman–Crippen LogP) is 1.31. The zero-order chi connectivity index (χ0) is 13.1. The molecule has 1 N–H and O–H groups in total. The highest BCUT2D eigenvalue weighted by Crippen LogP contribution is 2.19. The van der Waals surface area contributed by atoms with E-state index in [0.717, 1.165) is 37.9 Å². The van der Waals surface area contributed by atoms with Gasteiger partial charge in [0.15, 0.2) is 0 Å². The second-order valence-corrected chi connectivity index (χ2v) is 5.46. The molecule has 2 rings (SSSR count). The Morgan fingerprint density at radius 2 is 2.28 bits per heavy atom. The fourth-order valence-electron chi connectivity index (χ4n) is 2.24. The van der Waals surface area contributed by atoms with Gasteiger partial charge < -0.3 is 19.5 Å². The molecule has 1 saturated heterocycles. The summed E-state index contributed by atoms with van der Waals surface area (Å²) in [5, 5.41) is 3.35. The lowest BCUT2D eigenvalue weighted by atomic mass is 10.2. The molecular weight excluding hydrogens is 228 g/mol. The molecule has 1 atom stereocenters. The zero-order valence-electron chi connectivity index (χ0n) is 11.8. The number of oxazole rings is 1. The summed E-state index contributed by atoms with van der Waals surface area (Å²) in [6.07, 6.45) is 1.76. The molecule has 18 heavy (non-hydrogen) atoms. The van der Waals surface area contributed by atoms with Crippen LogP contribution in [0.2, 0.25) is 0 Å². The maximum atomic E-state index is 5.60. The number of likely N-dealkylation sites (N-methyl/N-ethyl adjacent to an activating group) is 1. The maximum absolute atomic E-state index is 5.60. The first-order valence-corrected chi connectivity index (χ1v) is 6.69. The Balaban J connectivity index is 1.96. The van der Waals surface area contributed by atoms with Crippen LogP contribution in [-0.4, -0.2) is 48.6 Å². The van der Waals surface area contributed by atoms with Gasteiger partial charge in [-0.2, -0.15) is 4.98 Å². The molecule has 1 aromatic heterocycles. The minimum absolute atomic E-state index is 0.452. The summed E-state index contributed by atoms with van der Waals surface area (Å²) in [4.78, 5) is 9.15. The highest BCUT2D eigenvalue weighted by Gasteiger charge is 2.24. The number of aromatic nitrogens is 1. The number of hydrogen-bond donors (Lipinski definition) is 1. The van der Waals surface area contributed by atoms with Crippen molar-refractivity contribution in [2.75, 3.05) is 31.6 Å². The number of anilines is 1. The maximum Gasteiger partial charge on any atom is 0.297 e. The Morgan fingerprint density at radius 1 is 1.50 bits per heavy atom. The number of hydrogen-bond acceptors (Lipinski definition) is 5. The van der Waals surface area contributed by atoms with E-state index in [4.69, 9.17) is 4.42 Å². The molecule has 1 unspecified atom stereocenters. The molecule has 5 heteroatoms. The van der Waals surface area contributed by atoms with Gasteiger partial charge in [-0.15, -0.1) is 0 Å². The standard InChI is InChI=1S/C13H24N4O/c1-10(2)14-7-12-9-18-13(15-12)17-6-5-16(4)8-11(17)3/h9-11,14H,5-8H2,1-4H3. The van der Waals surface area contributed by atoms with Crippen molar-refractivity contribution in [1.29, 1.82) is 0 Å². The summed E-state index contributed by atoms with van der Waals surface area (Å²) in [7, 11) is 2.15. The fourth-order valence-corrected chi connectivity index (χ4v) is 2.24. The molecule has 5 nitrogen and oxygen atoms in total. The summed E-state index contributed by atoms with van der Waals surface area (Å²) in [6, 6.07) is 1.68. The van der Waals surface area contributed by atoms with Crippen LogP contribution < -0.4 is 10.2 Å². The summed E-state index contributed by atoms with van der Waals surface area (Å²) in [5.74, 6) is 0.